The molecule has 0 unspecified atom stereocenters. The number of rotatable bonds is 7. The Morgan fingerprint density at radius 3 is 2.80 bits per heavy atom. The highest BCUT2D eigenvalue weighted by Gasteiger charge is 2.29. The lowest BCUT2D eigenvalue weighted by Gasteiger charge is -2.30. The van der Waals surface area contributed by atoms with Gasteiger partial charge in [-0.05, 0) is 36.6 Å². The van der Waals surface area contributed by atoms with E-state index in [1.54, 1.807) is 32.5 Å². The van der Waals surface area contributed by atoms with E-state index < -0.39 is 0 Å². The van der Waals surface area contributed by atoms with Crippen molar-refractivity contribution >= 4 is 5.91 Å². The van der Waals surface area contributed by atoms with E-state index in [0.29, 0.717) is 48.3 Å². The molecule has 1 aliphatic rings. The number of oxazole rings is 1. The van der Waals surface area contributed by atoms with Crippen LogP contribution in [-0.2, 0) is 6.42 Å². The van der Waals surface area contributed by atoms with Gasteiger partial charge in [-0.2, -0.15) is 5.10 Å². The number of nitrogens with zero attached hydrogens (tertiary/aromatic N) is 3. The Bertz CT molecular complexity index is 1300. The maximum atomic E-state index is 13.3. The third-order valence-electron chi connectivity index (χ3n) is 6.34. The van der Waals surface area contributed by atoms with Crippen LogP contribution in [0.4, 0.5) is 0 Å². The van der Waals surface area contributed by atoms with Gasteiger partial charge in [0.05, 0.1) is 32.0 Å². The second-order valence-electron chi connectivity index (χ2n) is 8.65. The zero-order valence-electron chi connectivity index (χ0n) is 19.9. The Hall–Kier alpha value is -4.07. The van der Waals surface area contributed by atoms with Crippen molar-refractivity contribution in [3.05, 3.63) is 83.7 Å². The molecular formula is C27H28N4O4. The van der Waals surface area contributed by atoms with Crippen LogP contribution >= 0.6 is 0 Å². The van der Waals surface area contributed by atoms with Gasteiger partial charge in [0, 0.05) is 31.1 Å². The molecule has 2 aromatic carbocycles. The van der Waals surface area contributed by atoms with Crippen LogP contribution in [0.15, 0.2) is 65.2 Å². The average molecular weight is 473 g/mol. The number of benzene rings is 2. The van der Waals surface area contributed by atoms with E-state index in [2.05, 4.69) is 27.3 Å². The number of nitrogens with one attached hydrogen (secondary N) is 1. The van der Waals surface area contributed by atoms with E-state index >= 15 is 0 Å². The van der Waals surface area contributed by atoms with E-state index in [-0.39, 0.29) is 11.8 Å². The lowest BCUT2D eigenvalue weighted by Crippen LogP contribution is -2.39. The molecular weight excluding hydrogens is 444 g/mol. The van der Waals surface area contributed by atoms with Crippen molar-refractivity contribution in [1.29, 1.82) is 0 Å². The Morgan fingerprint density at radius 2 is 2.00 bits per heavy atom. The maximum absolute atomic E-state index is 13.3. The number of likely N-dealkylation sites (tertiary alicyclic amines) is 1. The van der Waals surface area contributed by atoms with Crippen molar-refractivity contribution in [2.45, 2.75) is 25.2 Å². The van der Waals surface area contributed by atoms with Crippen LogP contribution in [0.25, 0.3) is 11.3 Å². The van der Waals surface area contributed by atoms with Gasteiger partial charge < -0.3 is 18.8 Å². The largest absolute Gasteiger partial charge is 0.497 e. The number of aromatic nitrogens is 3. The number of amides is 1. The molecule has 0 aliphatic carbocycles. The van der Waals surface area contributed by atoms with E-state index in [9.17, 15) is 4.79 Å². The summed E-state index contributed by atoms with van der Waals surface area (Å²) in [5.41, 5.74) is 3.04. The Balaban J connectivity index is 1.28. The Morgan fingerprint density at radius 1 is 1.14 bits per heavy atom. The predicted molar refractivity (Wildman–Crippen MR) is 131 cm³/mol. The molecule has 0 bridgehead atoms. The van der Waals surface area contributed by atoms with Gasteiger partial charge in [-0.15, -0.1) is 0 Å². The van der Waals surface area contributed by atoms with Gasteiger partial charge in [0.15, 0.2) is 5.89 Å². The molecule has 4 aromatic rings. The minimum Gasteiger partial charge on any atom is -0.497 e. The first-order chi connectivity index (χ1) is 17.1. The molecule has 8 heteroatoms. The normalized spacial score (nSPS) is 15.7. The summed E-state index contributed by atoms with van der Waals surface area (Å²) in [6.07, 6.45) is 4.33. The molecule has 0 radical (unpaired) electrons. The summed E-state index contributed by atoms with van der Waals surface area (Å²) in [6.45, 7) is 1.25. The number of piperidine rings is 1. The van der Waals surface area contributed by atoms with E-state index in [4.69, 9.17) is 13.9 Å². The average Bonchev–Trinajstić information content (AvgIpc) is 3.59. The van der Waals surface area contributed by atoms with Crippen molar-refractivity contribution in [3.8, 4) is 22.8 Å². The summed E-state index contributed by atoms with van der Waals surface area (Å²) in [4.78, 5) is 19.7. The van der Waals surface area contributed by atoms with Crippen molar-refractivity contribution in [2.75, 3.05) is 27.3 Å². The van der Waals surface area contributed by atoms with Gasteiger partial charge in [-0.1, -0.05) is 30.3 Å². The second kappa shape index (κ2) is 10.0. The van der Waals surface area contributed by atoms with Crippen LogP contribution in [0.5, 0.6) is 11.5 Å². The van der Waals surface area contributed by atoms with Crippen molar-refractivity contribution in [2.24, 2.45) is 0 Å². The molecule has 2 aromatic heterocycles. The Labute approximate surface area is 203 Å². The zero-order valence-corrected chi connectivity index (χ0v) is 19.9. The molecule has 1 amide bonds. The number of hydrogen-bond acceptors (Lipinski definition) is 6. The quantitative estimate of drug-likeness (QED) is 0.419. The molecule has 5 rings (SSSR count). The number of ether oxygens (including phenoxy) is 2. The Kier molecular flexibility index (Phi) is 6.52. The topological polar surface area (TPSA) is 93.5 Å². The lowest BCUT2D eigenvalue weighted by atomic mass is 9.97. The predicted octanol–water partition coefficient (Wildman–Crippen LogP) is 4.69. The fraction of sp³-hybridized carbons (Fsp3) is 0.296. The van der Waals surface area contributed by atoms with Crippen LogP contribution in [0.1, 0.15) is 46.5 Å². The minimum atomic E-state index is -0.0861. The summed E-state index contributed by atoms with van der Waals surface area (Å²) >= 11 is 0. The number of carbonyl (C=O) groups excluding carboxylic acids is 1. The molecule has 1 fully saturated rings. The number of H-pyrrole nitrogens is 1. The van der Waals surface area contributed by atoms with Crippen molar-refractivity contribution in [1.82, 2.24) is 20.1 Å². The fourth-order valence-electron chi connectivity index (χ4n) is 4.50. The lowest BCUT2D eigenvalue weighted by molar-refractivity contribution is 0.0692. The van der Waals surface area contributed by atoms with E-state index in [1.165, 1.54) is 5.56 Å². The molecule has 1 saturated heterocycles. The van der Waals surface area contributed by atoms with Crippen LogP contribution in [-0.4, -0.2) is 53.3 Å². The van der Waals surface area contributed by atoms with Crippen LogP contribution in [0, 0.1) is 0 Å². The summed E-state index contributed by atoms with van der Waals surface area (Å²) in [6, 6.07) is 17.4. The van der Waals surface area contributed by atoms with E-state index in [1.807, 2.05) is 35.2 Å². The third kappa shape index (κ3) is 4.91. The first-order valence-corrected chi connectivity index (χ1v) is 11.7. The molecule has 1 atom stereocenters. The standard InChI is InChI=1S/C27H28N4O4/c1-33-20-10-11-22(25(14-20)34-2)23-15-24(30-29-23)27(32)31-12-6-9-19(17-31)26-28-16-21(35-26)13-18-7-4-3-5-8-18/h3-5,7-8,10-11,14-16,19H,6,9,12-13,17H2,1-2H3,(H,29,30)/t19-/m0/s1. The first kappa shape index (κ1) is 22.7. The molecule has 3 heterocycles. The summed E-state index contributed by atoms with van der Waals surface area (Å²) in [5, 5.41) is 7.26. The smallest absolute Gasteiger partial charge is 0.271 e. The molecule has 1 N–H and O–H groups in total. The van der Waals surface area contributed by atoms with Gasteiger partial charge in [0.1, 0.15) is 23.0 Å². The van der Waals surface area contributed by atoms with Crippen molar-refractivity contribution < 1.29 is 18.7 Å². The molecule has 180 valence electrons. The molecule has 8 nitrogen and oxygen atoms in total. The minimum absolute atomic E-state index is 0.0706. The summed E-state index contributed by atoms with van der Waals surface area (Å²) in [5.74, 6) is 2.83. The molecule has 0 saturated carbocycles. The van der Waals surface area contributed by atoms with E-state index in [0.717, 1.165) is 24.2 Å². The number of methoxy groups -OCH3 is 2. The van der Waals surface area contributed by atoms with Crippen LogP contribution in [0.2, 0.25) is 0 Å². The fourth-order valence-corrected chi connectivity index (χ4v) is 4.50. The maximum Gasteiger partial charge on any atom is 0.271 e. The SMILES string of the molecule is COc1ccc(-c2cc(C(=O)N3CCC[C@H](c4ncc(Cc5ccccc5)o4)C3)[nH]n2)c(OC)c1. The highest BCUT2D eigenvalue weighted by Crippen LogP contribution is 2.33. The van der Waals surface area contributed by atoms with Gasteiger partial charge >= 0.3 is 0 Å². The summed E-state index contributed by atoms with van der Waals surface area (Å²) < 4.78 is 16.8. The second-order valence-corrected chi connectivity index (χ2v) is 8.65. The van der Waals surface area contributed by atoms with Crippen LogP contribution < -0.4 is 9.47 Å². The monoisotopic (exact) mass is 472 g/mol. The molecule has 35 heavy (non-hydrogen) atoms. The molecule has 1 aliphatic heterocycles. The van der Waals surface area contributed by atoms with Gasteiger partial charge in [0.25, 0.3) is 5.91 Å². The van der Waals surface area contributed by atoms with Gasteiger partial charge in [-0.3, -0.25) is 9.89 Å². The molecule has 0 spiro atoms. The number of aromatic amines is 1. The third-order valence-corrected chi connectivity index (χ3v) is 6.34. The zero-order chi connectivity index (χ0) is 24.2. The van der Waals surface area contributed by atoms with Gasteiger partial charge in [-0.25, -0.2) is 4.98 Å². The van der Waals surface area contributed by atoms with Crippen molar-refractivity contribution in [3.63, 3.8) is 0 Å². The first-order valence-electron chi connectivity index (χ1n) is 11.7. The summed E-state index contributed by atoms with van der Waals surface area (Å²) in [7, 11) is 3.20. The van der Waals surface area contributed by atoms with Gasteiger partial charge in [0.2, 0.25) is 0 Å². The highest BCUT2D eigenvalue weighted by molar-refractivity contribution is 5.93. The number of carbonyl (C=O) groups is 1. The van der Waals surface area contributed by atoms with Crippen LogP contribution in [0.3, 0.4) is 0 Å². The number of hydrogen-bond donors (Lipinski definition) is 1. The highest BCUT2D eigenvalue weighted by atomic mass is 16.5.